The lowest BCUT2D eigenvalue weighted by Crippen LogP contribution is -2.33. The average molecular weight is 316 g/mol. The number of fused-ring (bicyclic) bond motifs is 6. The average Bonchev–Trinajstić information content (AvgIpc) is 3.18. The second-order valence-electron chi connectivity index (χ2n) is 6.46. The number of hydrogen-bond donors (Lipinski definition) is 1. The van der Waals surface area contributed by atoms with Gasteiger partial charge < -0.3 is 4.98 Å². The molecule has 0 aromatic carbocycles. The molecule has 5 heteroatoms. The first-order valence-electron chi connectivity index (χ1n) is 7.61. The number of pyridine rings is 1. The van der Waals surface area contributed by atoms with Gasteiger partial charge in [-0.05, 0) is 48.6 Å². The van der Waals surface area contributed by atoms with Gasteiger partial charge in [-0.2, -0.15) is 0 Å². The number of aromatic amines is 1. The molecule has 2 aromatic heterocycles. The molecule has 3 nitrogen and oxygen atoms in total. The summed E-state index contributed by atoms with van der Waals surface area (Å²) in [5.41, 5.74) is 1.29. The van der Waals surface area contributed by atoms with Crippen molar-refractivity contribution in [2.24, 2.45) is 17.8 Å². The highest BCUT2D eigenvalue weighted by Gasteiger charge is 2.54. The van der Waals surface area contributed by atoms with Gasteiger partial charge >= 0.3 is 4.87 Å². The van der Waals surface area contributed by atoms with Gasteiger partial charge in [-0.3, -0.25) is 9.78 Å². The van der Waals surface area contributed by atoms with Crippen LogP contribution in [0.3, 0.4) is 0 Å². The summed E-state index contributed by atoms with van der Waals surface area (Å²) in [7, 11) is 0. The van der Waals surface area contributed by atoms with Crippen molar-refractivity contribution in [1.82, 2.24) is 9.97 Å². The molecule has 3 heterocycles. The number of aromatic nitrogens is 2. The molecule has 2 aromatic rings. The van der Waals surface area contributed by atoms with Gasteiger partial charge in [0.15, 0.2) is 0 Å². The van der Waals surface area contributed by atoms with E-state index in [-0.39, 0.29) is 4.87 Å². The number of rotatable bonds is 1. The summed E-state index contributed by atoms with van der Waals surface area (Å²) in [6.07, 6.45) is 7.97. The fourth-order valence-electron chi connectivity index (χ4n) is 4.78. The molecule has 108 valence electrons. The van der Waals surface area contributed by atoms with Crippen molar-refractivity contribution in [2.45, 2.75) is 35.5 Å². The fourth-order valence-corrected chi connectivity index (χ4v) is 7.68. The van der Waals surface area contributed by atoms with Crippen molar-refractivity contribution in [2.75, 3.05) is 0 Å². The third kappa shape index (κ3) is 1.73. The van der Waals surface area contributed by atoms with Crippen molar-refractivity contribution in [3.8, 4) is 0 Å². The van der Waals surface area contributed by atoms with Crippen LogP contribution in [0.1, 0.15) is 35.6 Å². The van der Waals surface area contributed by atoms with Crippen LogP contribution >= 0.6 is 23.1 Å². The van der Waals surface area contributed by atoms with Crippen LogP contribution in [0.15, 0.2) is 34.3 Å². The highest BCUT2D eigenvalue weighted by Crippen LogP contribution is 2.63. The van der Waals surface area contributed by atoms with Gasteiger partial charge in [0.1, 0.15) is 0 Å². The van der Waals surface area contributed by atoms with Crippen LogP contribution < -0.4 is 4.87 Å². The Morgan fingerprint density at radius 2 is 2.19 bits per heavy atom. The molecular weight excluding hydrogens is 300 g/mol. The van der Waals surface area contributed by atoms with Crippen LogP contribution in [0.5, 0.6) is 0 Å². The minimum atomic E-state index is 0.0914. The van der Waals surface area contributed by atoms with Gasteiger partial charge in [0.05, 0.1) is 5.03 Å². The van der Waals surface area contributed by atoms with Crippen LogP contribution in [0, 0.1) is 17.8 Å². The zero-order valence-corrected chi connectivity index (χ0v) is 13.1. The minimum Gasteiger partial charge on any atom is -0.307 e. The van der Waals surface area contributed by atoms with Crippen LogP contribution in [-0.2, 0) is 0 Å². The minimum absolute atomic E-state index is 0.0914. The molecule has 21 heavy (non-hydrogen) atoms. The number of thioether (sulfide) groups is 1. The summed E-state index contributed by atoms with van der Waals surface area (Å²) < 4.78 is 0. The highest BCUT2D eigenvalue weighted by atomic mass is 32.2. The maximum Gasteiger partial charge on any atom is 0.305 e. The van der Waals surface area contributed by atoms with Gasteiger partial charge in [0.2, 0.25) is 0 Å². The summed E-state index contributed by atoms with van der Waals surface area (Å²) >= 11 is 3.35. The molecule has 5 atom stereocenters. The van der Waals surface area contributed by atoms with E-state index in [0.717, 1.165) is 16.9 Å². The van der Waals surface area contributed by atoms with E-state index in [1.54, 1.807) is 0 Å². The molecular formula is C16H16N2OS2. The van der Waals surface area contributed by atoms with Crippen molar-refractivity contribution in [3.63, 3.8) is 0 Å². The zero-order chi connectivity index (χ0) is 14.0. The van der Waals surface area contributed by atoms with Crippen LogP contribution in [0.4, 0.5) is 0 Å². The van der Waals surface area contributed by atoms with Crippen molar-refractivity contribution in [1.29, 1.82) is 0 Å². The molecule has 2 aliphatic carbocycles. The van der Waals surface area contributed by atoms with E-state index < -0.39 is 0 Å². The lowest BCUT2D eigenvalue weighted by atomic mass is 9.75. The van der Waals surface area contributed by atoms with E-state index in [4.69, 9.17) is 0 Å². The van der Waals surface area contributed by atoms with Crippen LogP contribution in [-0.4, -0.2) is 15.2 Å². The molecule has 5 rings (SSSR count). The molecule has 0 amide bonds. The predicted molar refractivity (Wildman–Crippen MR) is 85.0 cm³/mol. The van der Waals surface area contributed by atoms with Crippen LogP contribution in [0.25, 0.3) is 0 Å². The number of thiazole rings is 1. The third-order valence-corrected chi connectivity index (χ3v) is 8.13. The lowest BCUT2D eigenvalue weighted by molar-refractivity contribution is 0.307. The molecule has 2 saturated carbocycles. The van der Waals surface area contributed by atoms with Gasteiger partial charge in [-0.1, -0.05) is 17.4 Å². The Morgan fingerprint density at radius 3 is 3.05 bits per heavy atom. The second-order valence-corrected chi connectivity index (χ2v) is 8.67. The summed E-state index contributed by atoms with van der Waals surface area (Å²) in [5, 5.41) is 1.82. The molecule has 1 aliphatic heterocycles. The Hall–Kier alpha value is -1.07. The largest absolute Gasteiger partial charge is 0.307 e. The Bertz CT molecular complexity index is 738. The Balaban J connectivity index is 1.70. The van der Waals surface area contributed by atoms with Crippen molar-refractivity contribution < 1.29 is 0 Å². The number of nitrogens with zero attached hydrogens (tertiary/aromatic N) is 1. The molecule has 1 N–H and O–H groups in total. The Kier molecular flexibility index (Phi) is 2.65. The lowest BCUT2D eigenvalue weighted by Gasteiger charge is -2.40. The van der Waals surface area contributed by atoms with E-state index in [1.165, 1.54) is 41.0 Å². The molecule has 0 radical (unpaired) electrons. The van der Waals surface area contributed by atoms with Gasteiger partial charge in [-0.25, -0.2) is 0 Å². The summed E-state index contributed by atoms with van der Waals surface area (Å²) in [5.74, 6) is 2.75. The van der Waals surface area contributed by atoms with Gasteiger partial charge in [0, 0.05) is 28.4 Å². The SMILES string of the molecule is O=c1[nH]c2c(s1)[C@@H](c1cccnc1)[C@@H]1[C@H]3CC[C@H](C3)[C@@H]1S2. The van der Waals surface area contributed by atoms with Gasteiger partial charge in [-0.15, -0.1) is 11.8 Å². The summed E-state index contributed by atoms with van der Waals surface area (Å²) in [6, 6.07) is 4.21. The van der Waals surface area contributed by atoms with E-state index >= 15 is 0 Å². The van der Waals surface area contributed by atoms with E-state index in [0.29, 0.717) is 17.1 Å². The first kappa shape index (κ1) is 12.5. The standard InChI is InChI=1S/C16H16N2OS2/c19-16-18-15-14(21-16)12(10-2-1-5-17-7-10)11-8-3-4-9(6-8)13(11)20-15/h1-2,5,7-9,11-13H,3-4,6H2,(H,18,19)/t8-,9+,11-,12-,13-/m0/s1. The van der Waals surface area contributed by atoms with Gasteiger partial charge in [0.25, 0.3) is 0 Å². The van der Waals surface area contributed by atoms with E-state index in [9.17, 15) is 4.79 Å². The molecule has 0 spiro atoms. The number of H-pyrrole nitrogens is 1. The maximum absolute atomic E-state index is 11.9. The van der Waals surface area contributed by atoms with Crippen molar-refractivity contribution >= 4 is 23.1 Å². The van der Waals surface area contributed by atoms with Crippen molar-refractivity contribution in [3.05, 3.63) is 44.6 Å². The Labute approximate surface area is 131 Å². The molecule has 0 saturated heterocycles. The quantitative estimate of drug-likeness (QED) is 0.876. The molecule has 2 bridgehead atoms. The summed E-state index contributed by atoms with van der Waals surface area (Å²) in [4.78, 5) is 20.6. The zero-order valence-electron chi connectivity index (χ0n) is 11.5. The number of nitrogens with one attached hydrogen (secondary N) is 1. The topological polar surface area (TPSA) is 45.8 Å². The normalized spacial score (nSPS) is 36.5. The maximum atomic E-state index is 11.9. The van der Waals surface area contributed by atoms with Crippen LogP contribution in [0.2, 0.25) is 0 Å². The monoisotopic (exact) mass is 316 g/mol. The second kappa shape index (κ2) is 4.46. The van der Waals surface area contributed by atoms with E-state index in [1.807, 2.05) is 30.2 Å². The van der Waals surface area contributed by atoms with E-state index in [2.05, 4.69) is 16.0 Å². The fraction of sp³-hybridized carbons (Fsp3) is 0.500. The third-order valence-electron chi connectivity index (χ3n) is 5.51. The number of hydrogen-bond acceptors (Lipinski definition) is 4. The summed E-state index contributed by atoms with van der Waals surface area (Å²) in [6.45, 7) is 0. The Morgan fingerprint density at radius 1 is 1.29 bits per heavy atom. The molecule has 3 aliphatic rings. The first-order valence-corrected chi connectivity index (χ1v) is 9.30. The smallest absolute Gasteiger partial charge is 0.305 e. The molecule has 2 fully saturated rings. The predicted octanol–water partition coefficient (Wildman–Crippen LogP) is 3.48. The first-order chi connectivity index (χ1) is 10.3. The highest BCUT2D eigenvalue weighted by molar-refractivity contribution is 8.00. The molecule has 0 unspecified atom stereocenters.